The van der Waals surface area contributed by atoms with E-state index >= 15 is 0 Å². The molecule has 0 atom stereocenters. The lowest BCUT2D eigenvalue weighted by molar-refractivity contribution is 0.999. The van der Waals surface area contributed by atoms with Gasteiger partial charge in [0.05, 0.1) is 11.0 Å². The Morgan fingerprint density at radius 3 is 1.68 bits per heavy atom. The molecule has 0 aliphatic rings. The summed E-state index contributed by atoms with van der Waals surface area (Å²) in [5.74, 6) is 0. The average Bonchev–Trinajstić information content (AvgIpc) is 3.05. The molecule has 0 aliphatic carbocycles. The van der Waals surface area contributed by atoms with Gasteiger partial charge in [0.15, 0.2) is 0 Å². The van der Waals surface area contributed by atoms with E-state index in [2.05, 4.69) is 32.5 Å². The molecule has 0 amide bonds. The van der Waals surface area contributed by atoms with Crippen LogP contribution in [0.25, 0.3) is 21.8 Å². The molecule has 0 saturated heterocycles. The van der Waals surface area contributed by atoms with Gasteiger partial charge >= 0.3 is 0 Å². The van der Waals surface area contributed by atoms with E-state index in [9.17, 15) is 0 Å². The van der Waals surface area contributed by atoms with Gasteiger partial charge in [-0.1, -0.05) is 36.4 Å². The summed E-state index contributed by atoms with van der Waals surface area (Å²) in [6.45, 7) is 0. The Labute approximate surface area is 113 Å². The number of H-pyrrole nitrogens is 2. The summed E-state index contributed by atoms with van der Waals surface area (Å²) in [6, 6.07) is 16.2. The molecule has 19 heavy (non-hydrogen) atoms. The SMILES string of the molecule is c1ccc2c(Sc3n[nH]c4ccccc34)n[nH]c2c1. The second-order valence-corrected chi connectivity index (χ2v) is 5.23. The fourth-order valence-electron chi connectivity index (χ4n) is 2.12. The van der Waals surface area contributed by atoms with Gasteiger partial charge in [0.25, 0.3) is 0 Å². The van der Waals surface area contributed by atoms with E-state index in [1.165, 1.54) is 0 Å². The zero-order chi connectivity index (χ0) is 12.7. The van der Waals surface area contributed by atoms with Crippen molar-refractivity contribution in [1.82, 2.24) is 20.4 Å². The van der Waals surface area contributed by atoms with Crippen LogP contribution in [0.1, 0.15) is 0 Å². The highest BCUT2D eigenvalue weighted by Crippen LogP contribution is 2.34. The van der Waals surface area contributed by atoms with E-state index < -0.39 is 0 Å². The summed E-state index contributed by atoms with van der Waals surface area (Å²) < 4.78 is 0. The predicted octanol–water partition coefficient (Wildman–Crippen LogP) is 3.59. The average molecular weight is 266 g/mol. The van der Waals surface area contributed by atoms with Gasteiger partial charge in [0, 0.05) is 10.8 Å². The first-order chi connectivity index (χ1) is 9.42. The number of para-hydroxylation sites is 2. The van der Waals surface area contributed by atoms with Gasteiger partial charge in [-0.2, -0.15) is 10.2 Å². The third-order valence-electron chi connectivity index (χ3n) is 3.06. The lowest BCUT2D eigenvalue weighted by Gasteiger charge is -1.95. The number of aromatic amines is 2. The highest BCUT2D eigenvalue weighted by Gasteiger charge is 2.11. The molecule has 5 heteroatoms. The molecule has 0 aliphatic heterocycles. The zero-order valence-corrected chi connectivity index (χ0v) is 10.7. The molecule has 0 radical (unpaired) electrons. The fourth-order valence-corrected chi connectivity index (χ4v) is 3.07. The minimum atomic E-state index is 0.952. The monoisotopic (exact) mass is 266 g/mol. The Balaban J connectivity index is 1.82. The van der Waals surface area contributed by atoms with Crippen LogP contribution in [0.4, 0.5) is 0 Å². The Kier molecular flexibility index (Phi) is 2.31. The molecule has 0 fully saturated rings. The van der Waals surface area contributed by atoms with Crippen LogP contribution in [0.15, 0.2) is 58.6 Å². The van der Waals surface area contributed by atoms with Crippen molar-refractivity contribution in [2.24, 2.45) is 0 Å². The lowest BCUT2D eigenvalue weighted by Crippen LogP contribution is -1.75. The molecule has 4 aromatic rings. The van der Waals surface area contributed by atoms with Gasteiger partial charge < -0.3 is 0 Å². The van der Waals surface area contributed by atoms with Crippen LogP contribution in [-0.4, -0.2) is 20.4 Å². The summed E-state index contributed by atoms with van der Waals surface area (Å²) in [7, 11) is 0. The van der Waals surface area contributed by atoms with Crippen molar-refractivity contribution in [1.29, 1.82) is 0 Å². The summed E-state index contributed by atoms with van der Waals surface area (Å²) in [6.07, 6.45) is 0. The fraction of sp³-hybridized carbons (Fsp3) is 0. The van der Waals surface area contributed by atoms with E-state index in [1.54, 1.807) is 11.8 Å². The van der Waals surface area contributed by atoms with Crippen molar-refractivity contribution >= 4 is 33.6 Å². The quantitative estimate of drug-likeness (QED) is 0.583. The van der Waals surface area contributed by atoms with Gasteiger partial charge in [-0.15, -0.1) is 0 Å². The molecule has 2 aromatic carbocycles. The normalized spacial score (nSPS) is 11.4. The number of aromatic nitrogens is 4. The molecule has 2 N–H and O–H groups in total. The summed E-state index contributed by atoms with van der Waals surface area (Å²) >= 11 is 1.58. The molecule has 2 heterocycles. The van der Waals surface area contributed by atoms with Crippen LogP contribution in [-0.2, 0) is 0 Å². The molecule has 0 unspecified atom stereocenters. The van der Waals surface area contributed by atoms with Gasteiger partial charge in [-0.25, -0.2) is 0 Å². The van der Waals surface area contributed by atoms with Crippen LogP contribution < -0.4 is 0 Å². The number of hydrogen-bond acceptors (Lipinski definition) is 3. The predicted molar refractivity (Wildman–Crippen MR) is 76.3 cm³/mol. The van der Waals surface area contributed by atoms with Crippen molar-refractivity contribution in [2.45, 2.75) is 10.1 Å². The number of nitrogens with zero attached hydrogens (tertiary/aromatic N) is 2. The first-order valence-corrected chi connectivity index (χ1v) is 6.77. The molecule has 4 nitrogen and oxygen atoms in total. The summed E-state index contributed by atoms with van der Waals surface area (Å²) in [4.78, 5) is 0. The van der Waals surface area contributed by atoms with E-state index in [-0.39, 0.29) is 0 Å². The van der Waals surface area contributed by atoms with Crippen LogP contribution in [0, 0.1) is 0 Å². The van der Waals surface area contributed by atoms with Crippen molar-refractivity contribution in [2.75, 3.05) is 0 Å². The maximum atomic E-state index is 4.36. The van der Waals surface area contributed by atoms with Crippen LogP contribution in [0.2, 0.25) is 0 Å². The third kappa shape index (κ3) is 1.70. The van der Waals surface area contributed by atoms with Crippen molar-refractivity contribution in [3.8, 4) is 0 Å². The lowest BCUT2D eigenvalue weighted by atomic mass is 10.3. The third-order valence-corrected chi connectivity index (χ3v) is 4.07. The number of hydrogen-bond donors (Lipinski definition) is 2. The van der Waals surface area contributed by atoms with Crippen molar-refractivity contribution in [3.05, 3.63) is 48.5 Å². The van der Waals surface area contributed by atoms with E-state index in [0.717, 1.165) is 31.9 Å². The van der Waals surface area contributed by atoms with Crippen LogP contribution >= 0.6 is 11.8 Å². The molecular weight excluding hydrogens is 256 g/mol. The molecule has 0 saturated carbocycles. The highest BCUT2D eigenvalue weighted by molar-refractivity contribution is 7.99. The van der Waals surface area contributed by atoms with Crippen molar-refractivity contribution < 1.29 is 0 Å². The molecule has 0 spiro atoms. The molecule has 0 bridgehead atoms. The smallest absolute Gasteiger partial charge is 0.132 e. The Morgan fingerprint density at radius 2 is 1.16 bits per heavy atom. The van der Waals surface area contributed by atoms with Gasteiger partial charge in [0.2, 0.25) is 0 Å². The number of rotatable bonds is 2. The van der Waals surface area contributed by atoms with Gasteiger partial charge in [0.1, 0.15) is 10.1 Å². The molecule has 2 aromatic heterocycles. The molecular formula is C14H10N4S. The summed E-state index contributed by atoms with van der Waals surface area (Å²) in [5, 5.41) is 19.0. The zero-order valence-electron chi connectivity index (χ0n) is 9.92. The molecule has 4 rings (SSSR count). The minimum Gasteiger partial charge on any atom is -0.277 e. The van der Waals surface area contributed by atoms with Gasteiger partial charge in [-0.05, 0) is 23.9 Å². The summed E-state index contributed by atoms with van der Waals surface area (Å²) in [5.41, 5.74) is 2.09. The van der Waals surface area contributed by atoms with E-state index in [4.69, 9.17) is 0 Å². The topological polar surface area (TPSA) is 57.4 Å². The number of benzene rings is 2. The standard InChI is InChI=1S/C14H10N4S/c1-3-7-11-9(5-1)13(17-15-11)19-14-10-6-2-4-8-12(10)16-18-14/h1-8H,(H,15,17)(H,16,18). The Hall–Kier alpha value is -2.27. The van der Waals surface area contributed by atoms with Crippen LogP contribution in [0.5, 0.6) is 0 Å². The van der Waals surface area contributed by atoms with E-state index in [0.29, 0.717) is 0 Å². The van der Waals surface area contributed by atoms with Crippen LogP contribution in [0.3, 0.4) is 0 Å². The van der Waals surface area contributed by atoms with E-state index in [1.807, 2.05) is 36.4 Å². The first kappa shape index (κ1) is 10.6. The second-order valence-electron chi connectivity index (χ2n) is 4.25. The minimum absolute atomic E-state index is 0.952. The Bertz CT molecular complexity index is 790. The van der Waals surface area contributed by atoms with Gasteiger partial charge in [-0.3, -0.25) is 10.2 Å². The second kappa shape index (κ2) is 4.13. The maximum Gasteiger partial charge on any atom is 0.132 e. The number of nitrogens with one attached hydrogen (secondary N) is 2. The Morgan fingerprint density at radius 1 is 0.684 bits per heavy atom. The molecule has 92 valence electrons. The highest BCUT2D eigenvalue weighted by atomic mass is 32.2. The first-order valence-electron chi connectivity index (χ1n) is 5.96. The number of fused-ring (bicyclic) bond motifs is 2. The maximum absolute atomic E-state index is 4.36. The van der Waals surface area contributed by atoms with Crippen molar-refractivity contribution in [3.63, 3.8) is 0 Å². The largest absolute Gasteiger partial charge is 0.277 e.